The third kappa shape index (κ3) is 2.79. The van der Waals surface area contributed by atoms with Crippen LogP contribution in [0.5, 0.6) is 0 Å². The van der Waals surface area contributed by atoms with Crippen molar-refractivity contribution in [1.82, 2.24) is 0 Å². The number of aryl methyl sites for hydroxylation is 1. The Labute approximate surface area is 125 Å². The third-order valence-corrected chi connectivity index (χ3v) is 4.26. The fourth-order valence-electron chi connectivity index (χ4n) is 3.21. The number of fused-ring (bicyclic) bond motifs is 1. The lowest BCUT2D eigenvalue weighted by Gasteiger charge is -2.33. The SMILES string of the molecule is NCC(c1ccccc1F)N1CCCCc2ccccc21. The first-order chi connectivity index (χ1) is 10.3. The van der Waals surface area contributed by atoms with Crippen LogP contribution in [0.1, 0.15) is 30.0 Å². The first-order valence-corrected chi connectivity index (χ1v) is 7.60. The van der Waals surface area contributed by atoms with Crippen molar-refractivity contribution < 1.29 is 4.39 Å². The second-order valence-corrected chi connectivity index (χ2v) is 5.55. The smallest absolute Gasteiger partial charge is 0.128 e. The Balaban J connectivity index is 2.03. The topological polar surface area (TPSA) is 29.3 Å². The third-order valence-electron chi connectivity index (χ3n) is 4.26. The van der Waals surface area contributed by atoms with Gasteiger partial charge in [0.05, 0.1) is 6.04 Å². The minimum absolute atomic E-state index is 0.106. The van der Waals surface area contributed by atoms with Crippen molar-refractivity contribution in [2.45, 2.75) is 25.3 Å². The molecule has 2 nitrogen and oxygen atoms in total. The number of rotatable bonds is 3. The maximum Gasteiger partial charge on any atom is 0.128 e. The van der Waals surface area contributed by atoms with Crippen LogP contribution in [0.25, 0.3) is 0 Å². The van der Waals surface area contributed by atoms with Gasteiger partial charge in [0.15, 0.2) is 0 Å². The zero-order valence-electron chi connectivity index (χ0n) is 12.1. The number of hydrogen-bond acceptors (Lipinski definition) is 2. The summed E-state index contributed by atoms with van der Waals surface area (Å²) in [5, 5.41) is 0. The second kappa shape index (κ2) is 6.27. The zero-order valence-corrected chi connectivity index (χ0v) is 12.1. The summed E-state index contributed by atoms with van der Waals surface area (Å²) >= 11 is 0. The van der Waals surface area contributed by atoms with E-state index in [0.717, 1.165) is 19.4 Å². The fraction of sp³-hybridized carbons (Fsp3) is 0.333. The van der Waals surface area contributed by atoms with E-state index in [9.17, 15) is 4.39 Å². The molecular formula is C18H21FN2. The number of anilines is 1. The van der Waals surface area contributed by atoms with Crippen LogP contribution in [0.4, 0.5) is 10.1 Å². The van der Waals surface area contributed by atoms with Gasteiger partial charge in [0.1, 0.15) is 5.82 Å². The van der Waals surface area contributed by atoms with E-state index in [1.807, 2.05) is 18.2 Å². The van der Waals surface area contributed by atoms with Crippen molar-refractivity contribution in [1.29, 1.82) is 0 Å². The Hall–Kier alpha value is -1.87. The van der Waals surface area contributed by atoms with Gasteiger partial charge in [0, 0.05) is 24.3 Å². The molecule has 0 amide bonds. The van der Waals surface area contributed by atoms with Gasteiger partial charge in [-0.05, 0) is 37.0 Å². The van der Waals surface area contributed by atoms with E-state index < -0.39 is 0 Å². The van der Waals surface area contributed by atoms with Gasteiger partial charge in [0.25, 0.3) is 0 Å². The molecule has 2 aromatic carbocycles. The standard InChI is InChI=1S/C18H21FN2/c19-16-10-3-2-9-15(16)18(13-20)21-12-6-5-8-14-7-1-4-11-17(14)21/h1-4,7,9-11,18H,5-6,8,12-13,20H2. The van der Waals surface area contributed by atoms with Gasteiger partial charge in [-0.3, -0.25) is 0 Å². The minimum atomic E-state index is -0.172. The quantitative estimate of drug-likeness (QED) is 0.932. The lowest BCUT2D eigenvalue weighted by molar-refractivity contribution is 0.553. The summed E-state index contributed by atoms with van der Waals surface area (Å²) in [7, 11) is 0. The lowest BCUT2D eigenvalue weighted by atomic mass is 10.0. The van der Waals surface area contributed by atoms with Gasteiger partial charge in [-0.1, -0.05) is 36.4 Å². The normalized spacial score (nSPS) is 16.2. The maximum absolute atomic E-state index is 14.2. The highest BCUT2D eigenvalue weighted by molar-refractivity contribution is 5.56. The number of para-hydroxylation sites is 1. The van der Waals surface area contributed by atoms with Crippen LogP contribution in [0.3, 0.4) is 0 Å². The molecule has 0 bridgehead atoms. The summed E-state index contributed by atoms with van der Waals surface area (Å²) in [6, 6.07) is 15.3. The molecular weight excluding hydrogens is 263 g/mol. The van der Waals surface area contributed by atoms with Crippen molar-refractivity contribution in [2.75, 3.05) is 18.0 Å². The molecule has 1 atom stereocenters. The van der Waals surface area contributed by atoms with Crippen LogP contribution in [-0.4, -0.2) is 13.1 Å². The van der Waals surface area contributed by atoms with Crippen LogP contribution in [0.15, 0.2) is 48.5 Å². The molecule has 2 N–H and O–H groups in total. The molecule has 110 valence electrons. The molecule has 3 heteroatoms. The number of nitrogens with zero attached hydrogens (tertiary/aromatic N) is 1. The van der Waals surface area contributed by atoms with Crippen LogP contribution in [0, 0.1) is 5.82 Å². The fourth-order valence-corrected chi connectivity index (χ4v) is 3.21. The number of benzene rings is 2. The molecule has 0 saturated carbocycles. The molecule has 0 fully saturated rings. The molecule has 0 aliphatic carbocycles. The average molecular weight is 284 g/mol. The first kappa shape index (κ1) is 14.1. The van der Waals surface area contributed by atoms with Crippen molar-refractivity contribution in [3.8, 4) is 0 Å². The molecule has 1 aliphatic rings. The molecule has 0 radical (unpaired) electrons. The van der Waals surface area contributed by atoms with Gasteiger partial charge in [-0.2, -0.15) is 0 Å². The Morgan fingerprint density at radius 1 is 1.05 bits per heavy atom. The van der Waals surface area contributed by atoms with Gasteiger partial charge in [0.2, 0.25) is 0 Å². The highest BCUT2D eigenvalue weighted by atomic mass is 19.1. The molecule has 1 unspecified atom stereocenters. The molecule has 0 saturated heterocycles. The van der Waals surface area contributed by atoms with E-state index in [0.29, 0.717) is 12.1 Å². The Morgan fingerprint density at radius 3 is 2.62 bits per heavy atom. The minimum Gasteiger partial charge on any atom is -0.363 e. The van der Waals surface area contributed by atoms with Crippen molar-refractivity contribution in [2.24, 2.45) is 5.73 Å². The second-order valence-electron chi connectivity index (χ2n) is 5.55. The van der Waals surface area contributed by atoms with E-state index in [4.69, 9.17) is 5.73 Å². The van der Waals surface area contributed by atoms with Crippen molar-refractivity contribution >= 4 is 5.69 Å². The van der Waals surface area contributed by atoms with Gasteiger partial charge in [-0.25, -0.2) is 4.39 Å². The molecule has 0 aromatic heterocycles. The summed E-state index contributed by atoms with van der Waals surface area (Å²) in [6.45, 7) is 1.34. The largest absolute Gasteiger partial charge is 0.363 e. The summed E-state index contributed by atoms with van der Waals surface area (Å²) in [5.74, 6) is -0.172. The van der Waals surface area contributed by atoms with Gasteiger partial charge >= 0.3 is 0 Å². The molecule has 3 rings (SSSR count). The van der Waals surface area contributed by atoms with E-state index >= 15 is 0 Å². The van der Waals surface area contributed by atoms with Gasteiger partial charge in [-0.15, -0.1) is 0 Å². The summed E-state index contributed by atoms with van der Waals surface area (Å²) in [6.07, 6.45) is 3.36. The van der Waals surface area contributed by atoms with Crippen molar-refractivity contribution in [3.63, 3.8) is 0 Å². The van der Waals surface area contributed by atoms with Crippen LogP contribution in [-0.2, 0) is 6.42 Å². The number of halogens is 1. The van der Waals surface area contributed by atoms with E-state index in [1.165, 1.54) is 23.7 Å². The number of hydrogen-bond donors (Lipinski definition) is 1. The van der Waals surface area contributed by atoms with Crippen molar-refractivity contribution in [3.05, 3.63) is 65.5 Å². The van der Waals surface area contributed by atoms with E-state index in [2.05, 4.69) is 23.1 Å². The Bertz CT molecular complexity index is 612. The predicted molar refractivity (Wildman–Crippen MR) is 84.9 cm³/mol. The summed E-state index contributed by atoms with van der Waals surface area (Å²) in [4.78, 5) is 2.28. The Morgan fingerprint density at radius 2 is 1.81 bits per heavy atom. The lowest BCUT2D eigenvalue weighted by Crippen LogP contribution is -2.35. The first-order valence-electron chi connectivity index (χ1n) is 7.60. The highest BCUT2D eigenvalue weighted by Gasteiger charge is 2.25. The van der Waals surface area contributed by atoms with Crippen LogP contribution < -0.4 is 10.6 Å². The van der Waals surface area contributed by atoms with Crippen LogP contribution in [0.2, 0.25) is 0 Å². The molecule has 0 spiro atoms. The summed E-state index contributed by atoms with van der Waals surface area (Å²) < 4.78 is 14.2. The monoisotopic (exact) mass is 284 g/mol. The molecule has 1 heterocycles. The zero-order chi connectivity index (χ0) is 14.7. The molecule has 1 aliphatic heterocycles. The Kier molecular flexibility index (Phi) is 4.20. The number of nitrogens with two attached hydrogens (primary N) is 1. The highest BCUT2D eigenvalue weighted by Crippen LogP contribution is 2.33. The molecule has 2 aromatic rings. The van der Waals surface area contributed by atoms with E-state index in [-0.39, 0.29) is 11.9 Å². The average Bonchev–Trinajstić information content (AvgIpc) is 2.73. The van der Waals surface area contributed by atoms with Gasteiger partial charge < -0.3 is 10.6 Å². The van der Waals surface area contributed by atoms with Crippen LogP contribution >= 0.6 is 0 Å². The predicted octanol–water partition coefficient (Wildman–Crippen LogP) is 3.67. The molecule has 21 heavy (non-hydrogen) atoms. The maximum atomic E-state index is 14.2. The van der Waals surface area contributed by atoms with E-state index in [1.54, 1.807) is 6.07 Å². The summed E-state index contributed by atoms with van der Waals surface area (Å²) in [5.41, 5.74) is 9.24.